The summed E-state index contributed by atoms with van der Waals surface area (Å²) in [6, 6.07) is 7.82. The van der Waals surface area contributed by atoms with E-state index in [4.69, 9.17) is 0 Å². The van der Waals surface area contributed by atoms with Gasteiger partial charge in [0.25, 0.3) is 0 Å². The first-order chi connectivity index (χ1) is 8.11. The molecule has 2 fully saturated rings. The van der Waals surface area contributed by atoms with E-state index < -0.39 is 11.4 Å². The number of hydrogen-bond acceptors (Lipinski definition) is 1. The molecule has 2 nitrogen and oxygen atoms in total. The predicted octanol–water partition coefficient (Wildman–Crippen LogP) is 3.74. The lowest BCUT2D eigenvalue weighted by Crippen LogP contribution is -2.26. The second kappa shape index (κ2) is 3.58. The second-order valence-electron chi connectivity index (χ2n) is 5.38. The molecule has 2 aliphatic carbocycles. The molecule has 0 amide bonds. The number of halogens is 1. The normalized spacial score (nSPS) is 29.5. The van der Waals surface area contributed by atoms with Gasteiger partial charge in [-0.15, -0.1) is 0 Å². The van der Waals surface area contributed by atoms with Crippen LogP contribution in [0.1, 0.15) is 37.7 Å². The van der Waals surface area contributed by atoms with Crippen molar-refractivity contribution in [2.75, 3.05) is 0 Å². The highest BCUT2D eigenvalue weighted by Gasteiger charge is 2.72. The Kier molecular flexibility index (Phi) is 2.37. The molecule has 0 saturated heterocycles. The Morgan fingerprint density at radius 1 is 1.18 bits per heavy atom. The molecule has 0 bridgehead atoms. The number of carboxylic acids is 1. The van der Waals surface area contributed by atoms with Crippen LogP contribution in [0, 0.1) is 5.41 Å². The average Bonchev–Trinajstić information content (AvgIpc) is 2.71. The summed E-state index contributed by atoms with van der Waals surface area (Å²) in [6.07, 6.45) is 5.36. The summed E-state index contributed by atoms with van der Waals surface area (Å²) >= 11 is 3.40. The van der Waals surface area contributed by atoms with Gasteiger partial charge in [0.2, 0.25) is 0 Å². The molecule has 3 rings (SSSR count). The van der Waals surface area contributed by atoms with Crippen molar-refractivity contribution in [3.63, 3.8) is 0 Å². The number of rotatable bonds is 2. The van der Waals surface area contributed by atoms with E-state index in [0.717, 1.165) is 29.3 Å². The summed E-state index contributed by atoms with van der Waals surface area (Å²) in [7, 11) is 0. The molecule has 0 aliphatic heterocycles. The molecule has 1 unspecified atom stereocenters. The summed E-state index contributed by atoms with van der Waals surface area (Å²) in [5.41, 5.74) is 0.451. The summed E-state index contributed by atoms with van der Waals surface area (Å²) in [5.74, 6) is -0.637. The van der Waals surface area contributed by atoms with Gasteiger partial charge in [0.1, 0.15) is 0 Å². The van der Waals surface area contributed by atoms with Crippen molar-refractivity contribution in [2.24, 2.45) is 5.41 Å². The van der Waals surface area contributed by atoms with Gasteiger partial charge in [0.15, 0.2) is 0 Å². The standard InChI is InChI=1S/C14H15BrO2/c15-11-5-3-10(4-6-11)14(12(16)17)9-13(14)7-1-2-8-13/h3-6H,1-2,7-9H2,(H,16,17). The number of aliphatic carboxylic acids is 1. The largest absolute Gasteiger partial charge is 0.481 e. The van der Waals surface area contributed by atoms with Crippen LogP contribution in [-0.2, 0) is 10.2 Å². The number of carbonyl (C=O) groups is 1. The van der Waals surface area contributed by atoms with E-state index >= 15 is 0 Å². The molecular weight excluding hydrogens is 280 g/mol. The van der Waals surface area contributed by atoms with Crippen LogP contribution in [-0.4, -0.2) is 11.1 Å². The van der Waals surface area contributed by atoms with Crippen LogP contribution in [0.3, 0.4) is 0 Å². The fraction of sp³-hybridized carbons (Fsp3) is 0.500. The Morgan fingerprint density at radius 2 is 1.76 bits per heavy atom. The van der Waals surface area contributed by atoms with Crippen LogP contribution < -0.4 is 0 Å². The zero-order valence-electron chi connectivity index (χ0n) is 9.58. The zero-order valence-corrected chi connectivity index (χ0v) is 11.2. The monoisotopic (exact) mass is 294 g/mol. The second-order valence-corrected chi connectivity index (χ2v) is 6.30. The van der Waals surface area contributed by atoms with Gasteiger partial charge in [-0.05, 0) is 42.4 Å². The maximum atomic E-state index is 11.7. The van der Waals surface area contributed by atoms with Gasteiger partial charge in [-0.1, -0.05) is 40.9 Å². The molecule has 2 aliphatic rings. The van der Waals surface area contributed by atoms with Gasteiger partial charge in [0.05, 0.1) is 5.41 Å². The van der Waals surface area contributed by atoms with Crippen molar-refractivity contribution in [1.29, 1.82) is 0 Å². The third-order valence-electron chi connectivity index (χ3n) is 4.65. The molecule has 0 radical (unpaired) electrons. The fourth-order valence-corrected chi connectivity index (χ4v) is 3.95. The van der Waals surface area contributed by atoms with Gasteiger partial charge in [0, 0.05) is 4.47 Å². The Morgan fingerprint density at radius 3 is 2.29 bits per heavy atom. The zero-order chi connectivity index (χ0) is 12.1. The van der Waals surface area contributed by atoms with Crippen LogP contribution >= 0.6 is 15.9 Å². The van der Waals surface area contributed by atoms with Crippen molar-refractivity contribution < 1.29 is 9.90 Å². The highest BCUT2D eigenvalue weighted by molar-refractivity contribution is 9.10. The van der Waals surface area contributed by atoms with Crippen LogP contribution in [0.4, 0.5) is 0 Å². The summed E-state index contributed by atoms with van der Waals surface area (Å²) in [6.45, 7) is 0. The van der Waals surface area contributed by atoms with Crippen molar-refractivity contribution >= 4 is 21.9 Å². The molecule has 2 saturated carbocycles. The van der Waals surface area contributed by atoms with E-state index in [1.807, 2.05) is 24.3 Å². The number of benzene rings is 1. The Balaban J connectivity index is 2.03. The molecule has 1 aromatic carbocycles. The first-order valence-corrected chi connectivity index (χ1v) is 6.90. The third kappa shape index (κ3) is 1.41. The van der Waals surface area contributed by atoms with E-state index in [2.05, 4.69) is 15.9 Å². The highest BCUT2D eigenvalue weighted by Crippen LogP contribution is 2.72. The Bertz CT molecular complexity index is 460. The maximum absolute atomic E-state index is 11.7. The van der Waals surface area contributed by atoms with Crippen LogP contribution in [0.25, 0.3) is 0 Å². The van der Waals surface area contributed by atoms with Gasteiger partial charge in [-0.25, -0.2) is 0 Å². The molecule has 1 N–H and O–H groups in total. The smallest absolute Gasteiger partial charge is 0.314 e. The molecule has 17 heavy (non-hydrogen) atoms. The van der Waals surface area contributed by atoms with E-state index in [9.17, 15) is 9.90 Å². The van der Waals surface area contributed by atoms with E-state index in [-0.39, 0.29) is 5.41 Å². The lowest BCUT2D eigenvalue weighted by Gasteiger charge is -2.18. The van der Waals surface area contributed by atoms with E-state index in [1.165, 1.54) is 12.8 Å². The molecular formula is C14H15BrO2. The summed E-state index contributed by atoms with van der Waals surface area (Å²) in [5, 5.41) is 9.64. The van der Waals surface area contributed by atoms with E-state index in [1.54, 1.807) is 0 Å². The van der Waals surface area contributed by atoms with Gasteiger partial charge < -0.3 is 5.11 Å². The van der Waals surface area contributed by atoms with Crippen LogP contribution in [0.15, 0.2) is 28.7 Å². The lowest BCUT2D eigenvalue weighted by molar-refractivity contribution is -0.141. The van der Waals surface area contributed by atoms with Gasteiger partial charge >= 0.3 is 5.97 Å². The number of hydrogen-bond donors (Lipinski definition) is 1. The molecule has 1 aromatic rings. The molecule has 1 spiro atoms. The van der Waals surface area contributed by atoms with Gasteiger partial charge in [-0.2, -0.15) is 0 Å². The molecule has 90 valence electrons. The highest BCUT2D eigenvalue weighted by atomic mass is 79.9. The fourth-order valence-electron chi connectivity index (χ4n) is 3.69. The molecule has 3 heteroatoms. The average molecular weight is 295 g/mol. The minimum Gasteiger partial charge on any atom is -0.481 e. The van der Waals surface area contributed by atoms with Gasteiger partial charge in [-0.3, -0.25) is 4.79 Å². The maximum Gasteiger partial charge on any atom is 0.314 e. The predicted molar refractivity (Wildman–Crippen MR) is 69.0 cm³/mol. The Labute approximate surface area is 109 Å². The first kappa shape index (κ1) is 11.3. The van der Waals surface area contributed by atoms with Crippen molar-refractivity contribution in [3.8, 4) is 0 Å². The molecule has 1 atom stereocenters. The van der Waals surface area contributed by atoms with Crippen LogP contribution in [0.2, 0.25) is 0 Å². The van der Waals surface area contributed by atoms with Crippen molar-refractivity contribution in [3.05, 3.63) is 34.3 Å². The summed E-state index contributed by atoms with van der Waals surface area (Å²) < 4.78 is 1.00. The minimum atomic E-state index is -0.637. The third-order valence-corrected chi connectivity index (χ3v) is 5.18. The molecule has 0 heterocycles. The van der Waals surface area contributed by atoms with Crippen LogP contribution in [0.5, 0.6) is 0 Å². The Hall–Kier alpha value is -0.830. The quantitative estimate of drug-likeness (QED) is 0.902. The van der Waals surface area contributed by atoms with Crippen molar-refractivity contribution in [1.82, 2.24) is 0 Å². The van der Waals surface area contributed by atoms with Crippen molar-refractivity contribution in [2.45, 2.75) is 37.5 Å². The first-order valence-electron chi connectivity index (χ1n) is 6.10. The molecule has 0 aromatic heterocycles. The minimum absolute atomic E-state index is 0.0622. The SMILES string of the molecule is O=C(O)C1(c2ccc(Br)cc2)CC12CCCC2. The number of carboxylic acid groups (broad SMARTS) is 1. The lowest BCUT2D eigenvalue weighted by atomic mass is 9.85. The van der Waals surface area contributed by atoms with E-state index in [0.29, 0.717) is 0 Å². The topological polar surface area (TPSA) is 37.3 Å². The summed E-state index contributed by atoms with van der Waals surface area (Å²) in [4.78, 5) is 11.7.